The quantitative estimate of drug-likeness (QED) is 0.422. The van der Waals surface area contributed by atoms with Gasteiger partial charge in [0, 0.05) is 0 Å². The zero-order chi connectivity index (χ0) is 8.69. The lowest BCUT2D eigenvalue weighted by atomic mass is 10.1. The monoisotopic (exact) mass is 148 g/mol. The average molecular weight is 148 g/mol. The van der Waals surface area contributed by atoms with Crippen LogP contribution in [0.3, 0.4) is 0 Å². The molecule has 0 nitrogen and oxygen atoms in total. The second kappa shape index (κ2) is 5.72. The maximum Gasteiger partial charge on any atom is -0.00977 e. The van der Waals surface area contributed by atoms with Crippen molar-refractivity contribution >= 4 is 0 Å². The highest BCUT2D eigenvalue weighted by Crippen LogP contribution is 2.11. The lowest BCUT2D eigenvalue weighted by Gasteiger charge is -2.00. The van der Waals surface area contributed by atoms with Crippen LogP contribution in [0.4, 0.5) is 0 Å². The molecule has 0 aromatic heterocycles. The van der Waals surface area contributed by atoms with Crippen molar-refractivity contribution in [2.24, 2.45) is 0 Å². The van der Waals surface area contributed by atoms with Crippen molar-refractivity contribution in [3.8, 4) is 0 Å². The van der Waals surface area contributed by atoms with E-state index in [9.17, 15) is 0 Å². The van der Waals surface area contributed by atoms with Crippen molar-refractivity contribution in [2.45, 2.75) is 20.3 Å². The Labute approximate surface area is 69.6 Å². The Bertz CT molecular complexity index is 192. The summed E-state index contributed by atoms with van der Waals surface area (Å²) in [6, 6.07) is 0. The molecule has 11 heavy (non-hydrogen) atoms. The molecule has 0 radical (unpaired) electrons. The van der Waals surface area contributed by atoms with Crippen LogP contribution in [0.2, 0.25) is 0 Å². The summed E-state index contributed by atoms with van der Waals surface area (Å²) < 4.78 is 0. The summed E-state index contributed by atoms with van der Waals surface area (Å²) >= 11 is 0. The molecule has 60 valence electrons. The van der Waals surface area contributed by atoms with Gasteiger partial charge in [-0.3, -0.25) is 0 Å². The minimum absolute atomic E-state index is 0.902. The Morgan fingerprint density at radius 1 is 1.45 bits per heavy atom. The molecule has 0 spiro atoms. The summed E-state index contributed by atoms with van der Waals surface area (Å²) in [5.41, 5.74) is 2.36. The maximum absolute atomic E-state index is 3.88. The zero-order valence-corrected chi connectivity index (χ0v) is 7.43. The van der Waals surface area contributed by atoms with Gasteiger partial charge in [-0.1, -0.05) is 36.5 Å². The van der Waals surface area contributed by atoms with Gasteiger partial charge < -0.3 is 0 Å². The van der Waals surface area contributed by atoms with Crippen LogP contribution >= 0.6 is 0 Å². The van der Waals surface area contributed by atoms with E-state index in [0.717, 1.165) is 12.0 Å². The predicted octanol–water partition coefficient (Wildman–Crippen LogP) is 3.64. The van der Waals surface area contributed by atoms with E-state index in [1.165, 1.54) is 5.57 Å². The second-order valence-corrected chi connectivity index (χ2v) is 2.49. The van der Waals surface area contributed by atoms with Crippen LogP contribution in [0.15, 0.2) is 48.6 Å². The SMILES string of the molecule is C=CC/C(=C/C=C\C)C(=C)C. The lowest BCUT2D eigenvalue weighted by Crippen LogP contribution is -1.80. The van der Waals surface area contributed by atoms with Gasteiger partial charge in [0.05, 0.1) is 0 Å². The third-order valence-corrected chi connectivity index (χ3v) is 1.40. The molecule has 0 aliphatic carbocycles. The van der Waals surface area contributed by atoms with Gasteiger partial charge in [0.1, 0.15) is 0 Å². The van der Waals surface area contributed by atoms with Crippen molar-refractivity contribution in [3.05, 3.63) is 48.6 Å². The Balaban J connectivity index is 4.31. The minimum atomic E-state index is 0.902. The van der Waals surface area contributed by atoms with Crippen molar-refractivity contribution in [2.75, 3.05) is 0 Å². The summed E-state index contributed by atoms with van der Waals surface area (Å²) in [6.45, 7) is 11.6. The van der Waals surface area contributed by atoms with E-state index in [1.807, 2.05) is 32.1 Å². The summed E-state index contributed by atoms with van der Waals surface area (Å²) in [7, 11) is 0. The zero-order valence-electron chi connectivity index (χ0n) is 7.43. The molecule has 0 bridgehead atoms. The molecule has 0 aliphatic heterocycles. The van der Waals surface area contributed by atoms with E-state index in [-0.39, 0.29) is 0 Å². The molecule has 0 fully saturated rings. The summed E-state index contributed by atoms with van der Waals surface area (Å²) in [5, 5.41) is 0. The van der Waals surface area contributed by atoms with Gasteiger partial charge >= 0.3 is 0 Å². The average Bonchev–Trinajstić information content (AvgIpc) is 1.97. The lowest BCUT2D eigenvalue weighted by molar-refractivity contribution is 1.22. The molecule has 0 rings (SSSR count). The van der Waals surface area contributed by atoms with Crippen LogP contribution in [-0.4, -0.2) is 0 Å². The summed E-state index contributed by atoms with van der Waals surface area (Å²) in [4.78, 5) is 0. The van der Waals surface area contributed by atoms with Crippen LogP contribution in [0.1, 0.15) is 20.3 Å². The number of allylic oxidation sites excluding steroid dienone is 6. The summed E-state index contributed by atoms with van der Waals surface area (Å²) in [6.07, 6.45) is 8.90. The number of rotatable bonds is 4. The van der Waals surface area contributed by atoms with E-state index < -0.39 is 0 Å². The fraction of sp³-hybridized carbons (Fsp3) is 0.273. The van der Waals surface area contributed by atoms with Gasteiger partial charge in [0.2, 0.25) is 0 Å². The first-order valence-corrected chi connectivity index (χ1v) is 3.81. The third kappa shape index (κ3) is 4.38. The largest absolute Gasteiger partial charge is 0.103 e. The van der Waals surface area contributed by atoms with E-state index in [4.69, 9.17) is 0 Å². The molecule has 0 atom stereocenters. The van der Waals surface area contributed by atoms with Crippen LogP contribution in [-0.2, 0) is 0 Å². The highest BCUT2D eigenvalue weighted by molar-refractivity contribution is 5.31. The van der Waals surface area contributed by atoms with Gasteiger partial charge in [0.25, 0.3) is 0 Å². The topological polar surface area (TPSA) is 0 Å². The summed E-state index contributed by atoms with van der Waals surface area (Å²) in [5.74, 6) is 0. The molecule has 0 amide bonds. The second-order valence-electron chi connectivity index (χ2n) is 2.49. The standard InChI is InChI=1S/C11H16/c1-5-7-9-11(8-6-2)10(3)4/h5-7,9H,2-3,8H2,1,4H3/b7-5-,11-9-. The molecular formula is C11H16. The van der Waals surface area contributed by atoms with E-state index in [0.29, 0.717) is 0 Å². The predicted molar refractivity (Wildman–Crippen MR) is 52.5 cm³/mol. The van der Waals surface area contributed by atoms with Gasteiger partial charge in [-0.25, -0.2) is 0 Å². The normalized spacial score (nSPS) is 12.0. The molecule has 0 unspecified atom stereocenters. The number of hydrogen-bond donors (Lipinski definition) is 0. The maximum atomic E-state index is 3.88. The molecule has 0 heteroatoms. The van der Waals surface area contributed by atoms with Crippen molar-refractivity contribution < 1.29 is 0 Å². The van der Waals surface area contributed by atoms with E-state index in [2.05, 4.69) is 19.2 Å². The Morgan fingerprint density at radius 2 is 2.09 bits per heavy atom. The molecular weight excluding hydrogens is 132 g/mol. The van der Waals surface area contributed by atoms with Crippen LogP contribution in [0.5, 0.6) is 0 Å². The molecule has 0 aliphatic rings. The van der Waals surface area contributed by atoms with Gasteiger partial charge in [0.15, 0.2) is 0 Å². The highest BCUT2D eigenvalue weighted by Gasteiger charge is 1.91. The molecule has 0 N–H and O–H groups in total. The fourth-order valence-electron chi connectivity index (χ4n) is 0.752. The number of hydrogen-bond acceptors (Lipinski definition) is 0. The van der Waals surface area contributed by atoms with Crippen LogP contribution < -0.4 is 0 Å². The Morgan fingerprint density at radius 3 is 2.45 bits per heavy atom. The smallest absolute Gasteiger partial charge is 0.00977 e. The Hall–Kier alpha value is -1.04. The molecule has 0 heterocycles. The Kier molecular flexibility index (Phi) is 5.18. The van der Waals surface area contributed by atoms with E-state index in [1.54, 1.807) is 0 Å². The van der Waals surface area contributed by atoms with Crippen LogP contribution in [0.25, 0.3) is 0 Å². The first kappa shape index (κ1) is 9.96. The van der Waals surface area contributed by atoms with Crippen LogP contribution in [0, 0.1) is 0 Å². The first-order valence-electron chi connectivity index (χ1n) is 3.81. The van der Waals surface area contributed by atoms with Crippen molar-refractivity contribution in [1.29, 1.82) is 0 Å². The molecule has 0 saturated heterocycles. The molecule has 0 aromatic rings. The minimum Gasteiger partial charge on any atom is -0.103 e. The molecule has 0 aromatic carbocycles. The molecule has 0 saturated carbocycles. The van der Waals surface area contributed by atoms with Gasteiger partial charge in [-0.05, 0) is 25.8 Å². The van der Waals surface area contributed by atoms with Crippen molar-refractivity contribution in [1.82, 2.24) is 0 Å². The van der Waals surface area contributed by atoms with E-state index >= 15 is 0 Å². The van der Waals surface area contributed by atoms with Gasteiger partial charge in [-0.2, -0.15) is 0 Å². The van der Waals surface area contributed by atoms with Gasteiger partial charge in [-0.15, -0.1) is 6.58 Å². The fourth-order valence-corrected chi connectivity index (χ4v) is 0.752. The third-order valence-electron chi connectivity index (χ3n) is 1.40. The highest BCUT2D eigenvalue weighted by atomic mass is 14.0. The first-order chi connectivity index (χ1) is 5.22. The van der Waals surface area contributed by atoms with Crippen molar-refractivity contribution in [3.63, 3.8) is 0 Å².